The monoisotopic (exact) mass is 237 g/mol. The first kappa shape index (κ1) is 10.8. The Labute approximate surface area is 97.4 Å². The lowest BCUT2D eigenvalue weighted by Crippen LogP contribution is -1.91. The molecule has 0 aliphatic heterocycles. The maximum atomic E-state index is 5.58. The molecule has 0 atom stereocenters. The molecule has 4 nitrogen and oxygen atoms in total. The van der Waals surface area contributed by atoms with E-state index in [-0.39, 0.29) is 0 Å². The first-order valence-corrected chi connectivity index (χ1v) is 5.50. The molecule has 16 heavy (non-hydrogen) atoms. The molecule has 0 saturated carbocycles. The van der Waals surface area contributed by atoms with Crippen molar-refractivity contribution in [1.82, 2.24) is 4.98 Å². The molecule has 84 valence electrons. The van der Waals surface area contributed by atoms with Crippen molar-refractivity contribution in [2.45, 2.75) is 0 Å². The summed E-state index contributed by atoms with van der Waals surface area (Å²) in [6.45, 7) is 0. The van der Waals surface area contributed by atoms with Gasteiger partial charge in [0.15, 0.2) is 11.5 Å². The zero-order chi connectivity index (χ0) is 11.4. The van der Waals surface area contributed by atoms with Gasteiger partial charge in [0.2, 0.25) is 5.06 Å². The average Bonchev–Trinajstić information content (AvgIpc) is 2.81. The van der Waals surface area contributed by atoms with Gasteiger partial charge in [-0.3, -0.25) is 0 Å². The fourth-order valence-corrected chi connectivity index (χ4v) is 1.74. The molecule has 5 heteroatoms. The standard InChI is InChI=1S/C11H11NO3S/c1-13-9-4-3-8(5-10(9)14-2)15-11-6-12-7-16-11/h3-7H,1-2H3. The van der Waals surface area contributed by atoms with E-state index in [0.717, 1.165) is 5.06 Å². The minimum Gasteiger partial charge on any atom is -0.493 e. The molecule has 0 saturated heterocycles. The second-order valence-electron chi connectivity index (χ2n) is 2.94. The van der Waals surface area contributed by atoms with Crippen LogP contribution in [0.2, 0.25) is 0 Å². The fraction of sp³-hybridized carbons (Fsp3) is 0.182. The highest BCUT2D eigenvalue weighted by Gasteiger charge is 2.06. The maximum Gasteiger partial charge on any atom is 0.200 e. The smallest absolute Gasteiger partial charge is 0.200 e. The lowest BCUT2D eigenvalue weighted by atomic mass is 10.3. The van der Waals surface area contributed by atoms with Gasteiger partial charge < -0.3 is 14.2 Å². The van der Waals surface area contributed by atoms with Gasteiger partial charge in [0.05, 0.1) is 25.9 Å². The molecule has 0 aliphatic rings. The molecule has 0 aliphatic carbocycles. The number of nitrogens with zero attached hydrogens (tertiary/aromatic N) is 1. The van der Waals surface area contributed by atoms with Crippen molar-refractivity contribution < 1.29 is 14.2 Å². The molecule has 0 amide bonds. The van der Waals surface area contributed by atoms with E-state index in [1.165, 1.54) is 11.3 Å². The lowest BCUT2D eigenvalue weighted by molar-refractivity contribution is 0.352. The van der Waals surface area contributed by atoms with E-state index in [4.69, 9.17) is 14.2 Å². The average molecular weight is 237 g/mol. The van der Waals surface area contributed by atoms with Gasteiger partial charge in [0, 0.05) is 6.07 Å². The van der Waals surface area contributed by atoms with E-state index in [1.54, 1.807) is 38.1 Å². The summed E-state index contributed by atoms with van der Waals surface area (Å²) in [5.41, 5.74) is 1.72. The van der Waals surface area contributed by atoms with Gasteiger partial charge in [-0.25, -0.2) is 4.98 Å². The molecule has 1 aromatic heterocycles. The Kier molecular flexibility index (Phi) is 3.26. The Morgan fingerprint density at radius 2 is 1.94 bits per heavy atom. The van der Waals surface area contributed by atoms with Gasteiger partial charge in [-0.1, -0.05) is 11.3 Å². The first-order chi connectivity index (χ1) is 7.83. The van der Waals surface area contributed by atoms with Crippen molar-refractivity contribution >= 4 is 11.3 Å². The third kappa shape index (κ3) is 2.25. The minimum absolute atomic E-state index is 0.643. The van der Waals surface area contributed by atoms with Crippen LogP contribution < -0.4 is 14.2 Å². The highest BCUT2D eigenvalue weighted by atomic mass is 32.1. The molecular weight excluding hydrogens is 226 g/mol. The summed E-state index contributed by atoms with van der Waals surface area (Å²) in [7, 11) is 3.19. The molecule has 0 spiro atoms. The van der Waals surface area contributed by atoms with E-state index in [9.17, 15) is 0 Å². The SMILES string of the molecule is COc1ccc(Oc2cncs2)cc1OC. The predicted octanol–water partition coefficient (Wildman–Crippen LogP) is 2.95. The number of ether oxygens (including phenoxy) is 3. The summed E-state index contributed by atoms with van der Waals surface area (Å²) < 4.78 is 15.9. The van der Waals surface area contributed by atoms with Crippen LogP contribution in [0.1, 0.15) is 0 Å². The molecule has 0 N–H and O–H groups in total. The van der Waals surface area contributed by atoms with Gasteiger partial charge >= 0.3 is 0 Å². The zero-order valence-electron chi connectivity index (χ0n) is 8.97. The van der Waals surface area contributed by atoms with Crippen LogP contribution in [0.15, 0.2) is 29.9 Å². The van der Waals surface area contributed by atoms with Crippen LogP contribution in [-0.4, -0.2) is 19.2 Å². The van der Waals surface area contributed by atoms with E-state index >= 15 is 0 Å². The highest BCUT2D eigenvalue weighted by molar-refractivity contribution is 7.11. The second kappa shape index (κ2) is 4.85. The molecule has 2 rings (SSSR count). The summed E-state index contributed by atoms with van der Waals surface area (Å²) in [6.07, 6.45) is 1.67. The molecule has 0 fully saturated rings. The molecule has 0 unspecified atom stereocenters. The van der Waals surface area contributed by atoms with Crippen LogP contribution in [0, 0.1) is 0 Å². The Hall–Kier alpha value is -1.75. The van der Waals surface area contributed by atoms with Gasteiger partial charge in [0.1, 0.15) is 5.75 Å². The van der Waals surface area contributed by atoms with Crippen LogP contribution in [0.3, 0.4) is 0 Å². The van der Waals surface area contributed by atoms with Crippen molar-refractivity contribution in [3.8, 4) is 22.3 Å². The first-order valence-electron chi connectivity index (χ1n) is 4.62. The second-order valence-corrected chi connectivity index (χ2v) is 3.79. The molecule has 1 aromatic carbocycles. The van der Waals surface area contributed by atoms with Crippen molar-refractivity contribution in [3.05, 3.63) is 29.9 Å². The Morgan fingerprint density at radius 1 is 1.12 bits per heavy atom. The Bertz CT molecular complexity index is 456. The van der Waals surface area contributed by atoms with E-state index in [2.05, 4.69) is 4.98 Å². The van der Waals surface area contributed by atoms with Crippen molar-refractivity contribution in [1.29, 1.82) is 0 Å². The molecular formula is C11H11NO3S. The maximum absolute atomic E-state index is 5.58. The number of rotatable bonds is 4. The third-order valence-corrected chi connectivity index (χ3v) is 2.63. The summed E-state index contributed by atoms with van der Waals surface area (Å²) in [6, 6.07) is 5.40. The lowest BCUT2D eigenvalue weighted by Gasteiger charge is -2.09. The normalized spacial score (nSPS) is 9.88. The van der Waals surface area contributed by atoms with Crippen LogP contribution in [0.4, 0.5) is 0 Å². The van der Waals surface area contributed by atoms with Crippen LogP contribution in [0.25, 0.3) is 0 Å². The van der Waals surface area contributed by atoms with Crippen LogP contribution in [-0.2, 0) is 0 Å². The molecule has 0 bridgehead atoms. The van der Waals surface area contributed by atoms with Crippen LogP contribution >= 0.6 is 11.3 Å². The summed E-state index contributed by atoms with van der Waals surface area (Å²) in [5, 5.41) is 0.743. The van der Waals surface area contributed by atoms with Crippen molar-refractivity contribution in [2.75, 3.05) is 14.2 Å². The highest BCUT2D eigenvalue weighted by Crippen LogP contribution is 2.33. The number of hydrogen-bond acceptors (Lipinski definition) is 5. The number of benzene rings is 1. The van der Waals surface area contributed by atoms with E-state index in [0.29, 0.717) is 17.2 Å². The molecule has 2 aromatic rings. The van der Waals surface area contributed by atoms with Crippen LogP contribution in [0.5, 0.6) is 22.3 Å². The third-order valence-electron chi connectivity index (χ3n) is 1.98. The summed E-state index contributed by atoms with van der Waals surface area (Å²) in [5.74, 6) is 2.02. The van der Waals surface area contributed by atoms with E-state index in [1.807, 2.05) is 6.07 Å². The largest absolute Gasteiger partial charge is 0.493 e. The molecule has 0 radical (unpaired) electrons. The fourth-order valence-electron chi connectivity index (χ4n) is 1.25. The van der Waals surface area contributed by atoms with E-state index < -0.39 is 0 Å². The topological polar surface area (TPSA) is 40.6 Å². The summed E-state index contributed by atoms with van der Waals surface area (Å²) >= 11 is 1.44. The van der Waals surface area contributed by atoms with Gasteiger partial charge in [-0.2, -0.15) is 0 Å². The molecule has 1 heterocycles. The number of methoxy groups -OCH3 is 2. The summed E-state index contributed by atoms with van der Waals surface area (Å²) in [4.78, 5) is 3.93. The number of hydrogen-bond donors (Lipinski definition) is 0. The number of thiazole rings is 1. The Balaban J connectivity index is 2.22. The van der Waals surface area contributed by atoms with Crippen molar-refractivity contribution in [2.24, 2.45) is 0 Å². The minimum atomic E-state index is 0.643. The number of aromatic nitrogens is 1. The quantitative estimate of drug-likeness (QED) is 0.819. The Morgan fingerprint density at radius 3 is 2.56 bits per heavy atom. The van der Waals surface area contributed by atoms with Gasteiger partial charge in [0.25, 0.3) is 0 Å². The predicted molar refractivity (Wildman–Crippen MR) is 61.7 cm³/mol. The van der Waals surface area contributed by atoms with Gasteiger partial charge in [-0.05, 0) is 12.1 Å². The van der Waals surface area contributed by atoms with Gasteiger partial charge in [-0.15, -0.1) is 0 Å². The zero-order valence-corrected chi connectivity index (χ0v) is 9.78. The van der Waals surface area contributed by atoms with Crippen molar-refractivity contribution in [3.63, 3.8) is 0 Å².